The highest BCUT2D eigenvalue weighted by Gasteiger charge is 2.37. The van der Waals surface area contributed by atoms with E-state index in [1.807, 2.05) is 0 Å². The van der Waals surface area contributed by atoms with Gasteiger partial charge >= 0.3 is 7.60 Å². The highest BCUT2D eigenvalue weighted by atomic mass is 31.2. The van der Waals surface area contributed by atoms with Crippen LogP contribution in [0.2, 0.25) is 0 Å². The number of carbonyl (C=O) groups is 1. The van der Waals surface area contributed by atoms with Gasteiger partial charge in [-0.2, -0.15) is 0 Å². The van der Waals surface area contributed by atoms with E-state index in [1.165, 1.54) is 0 Å². The van der Waals surface area contributed by atoms with Crippen LogP contribution in [0.1, 0.15) is 6.92 Å². The number of carbonyl (C=O) groups excluding carboxylic acids is 1. The predicted molar refractivity (Wildman–Crippen MR) is 64.4 cm³/mol. The first-order chi connectivity index (χ1) is 8.62. The third kappa shape index (κ3) is 6.98. The second kappa shape index (κ2) is 7.91. The van der Waals surface area contributed by atoms with E-state index in [9.17, 15) is 19.6 Å². The SMILES string of the molecule is CC(=O)NC(CO)C(O)C(OP(C)(=O)O)C(O)CO. The van der Waals surface area contributed by atoms with Gasteiger partial charge in [-0.25, -0.2) is 0 Å². The smallest absolute Gasteiger partial charge is 0.325 e. The molecule has 114 valence electrons. The average molecular weight is 301 g/mol. The molecule has 0 saturated heterocycles. The fourth-order valence-corrected chi connectivity index (χ4v) is 2.14. The van der Waals surface area contributed by atoms with Crippen molar-refractivity contribution in [1.82, 2.24) is 5.32 Å². The maximum Gasteiger partial charge on any atom is 0.325 e. The van der Waals surface area contributed by atoms with Crippen LogP contribution in [0, 0.1) is 0 Å². The summed E-state index contributed by atoms with van der Waals surface area (Å²) < 4.78 is 15.8. The second-order valence-corrected chi connectivity index (χ2v) is 5.92. The van der Waals surface area contributed by atoms with Crippen molar-refractivity contribution in [3.8, 4) is 0 Å². The lowest BCUT2D eigenvalue weighted by Gasteiger charge is -2.31. The van der Waals surface area contributed by atoms with Crippen molar-refractivity contribution < 1.29 is 39.2 Å². The standard InChI is InChI=1S/C9H20NO8P/c1-5(13)10-6(3-11)8(15)9(7(14)4-12)18-19(2,16)17/h6-9,11-12,14-15H,3-4H2,1-2H3,(H,10,13)(H,16,17). The zero-order chi connectivity index (χ0) is 15.2. The molecule has 0 fully saturated rings. The van der Waals surface area contributed by atoms with Crippen molar-refractivity contribution in [1.29, 1.82) is 0 Å². The van der Waals surface area contributed by atoms with Gasteiger partial charge in [0.05, 0.1) is 19.3 Å². The Balaban J connectivity index is 5.01. The van der Waals surface area contributed by atoms with Crippen LogP contribution in [0.15, 0.2) is 0 Å². The van der Waals surface area contributed by atoms with Crippen molar-refractivity contribution >= 4 is 13.5 Å². The lowest BCUT2D eigenvalue weighted by molar-refractivity contribution is -0.123. The number of nitrogens with one attached hydrogen (secondary N) is 1. The molecule has 9 nitrogen and oxygen atoms in total. The van der Waals surface area contributed by atoms with Crippen LogP contribution in [-0.2, 0) is 13.9 Å². The maximum absolute atomic E-state index is 11.2. The highest BCUT2D eigenvalue weighted by molar-refractivity contribution is 7.51. The van der Waals surface area contributed by atoms with Gasteiger partial charge in [-0.3, -0.25) is 13.9 Å². The third-order valence-corrected chi connectivity index (χ3v) is 2.85. The Labute approximate surface area is 110 Å². The molecule has 0 aliphatic rings. The van der Waals surface area contributed by atoms with Gasteiger partial charge in [-0.05, 0) is 0 Å². The van der Waals surface area contributed by atoms with Gasteiger partial charge < -0.3 is 30.6 Å². The number of aliphatic hydroxyl groups is 4. The minimum atomic E-state index is -4.05. The molecule has 0 aromatic rings. The predicted octanol–water partition coefficient (Wildman–Crippen LogP) is -2.60. The highest BCUT2D eigenvalue weighted by Crippen LogP contribution is 2.39. The molecule has 0 aromatic heterocycles. The van der Waals surface area contributed by atoms with Gasteiger partial charge in [0, 0.05) is 13.6 Å². The van der Waals surface area contributed by atoms with E-state index < -0.39 is 51.1 Å². The summed E-state index contributed by atoms with van der Waals surface area (Å²) in [6, 6.07) is -1.21. The van der Waals surface area contributed by atoms with Gasteiger partial charge in [-0.1, -0.05) is 0 Å². The average Bonchev–Trinajstić information content (AvgIpc) is 2.29. The number of amides is 1. The summed E-state index contributed by atoms with van der Waals surface area (Å²) in [5.74, 6) is -0.556. The van der Waals surface area contributed by atoms with E-state index in [0.29, 0.717) is 0 Å². The van der Waals surface area contributed by atoms with Crippen molar-refractivity contribution in [3.05, 3.63) is 0 Å². The summed E-state index contributed by atoms with van der Waals surface area (Å²) in [5.41, 5.74) is 0. The van der Waals surface area contributed by atoms with Crippen molar-refractivity contribution in [2.75, 3.05) is 19.9 Å². The van der Waals surface area contributed by atoms with Gasteiger partial charge in [0.25, 0.3) is 0 Å². The molecule has 6 N–H and O–H groups in total. The molecule has 0 rings (SSSR count). The van der Waals surface area contributed by atoms with Gasteiger partial charge in [0.15, 0.2) is 0 Å². The lowest BCUT2D eigenvalue weighted by atomic mass is 10.0. The Bertz CT molecular complexity index is 332. The van der Waals surface area contributed by atoms with Crippen LogP contribution >= 0.6 is 7.60 Å². The van der Waals surface area contributed by atoms with Gasteiger partial charge in [-0.15, -0.1) is 0 Å². The number of hydrogen-bond acceptors (Lipinski definition) is 7. The maximum atomic E-state index is 11.2. The number of rotatable bonds is 8. The molecule has 0 bridgehead atoms. The zero-order valence-corrected chi connectivity index (χ0v) is 11.5. The Hall–Kier alpha value is -0.540. The Kier molecular flexibility index (Phi) is 7.68. The van der Waals surface area contributed by atoms with Crippen LogP contribution in [0.4, 0.5) is 0 Å². The van der Waals surface area contributed by atoms with Crippen LogP contribution in [0.5, 0.6) is 0 Å². The minimum absolute atomic E-state index is 0.556. The van der Waals surface area contributed by atoms with Crippen LogP contribution < -0.4 is 5.32 Å². The summed E-state index contributed by atoms with van der Waals surface area (Å²) in [6.45, 7) is 0.464. The monoisotopic (exact) mass is 301 g/mol. The zero-order valence-electron chi connectivity index (χ0n) is 10.6. The van der Waals surface area contributed by atoms with E-state index in [-0.39, 0.29) is 0 Å². The van der Waals surface area contributed by atoms with Gasteiger partial charge in [0.1, 0.15) is 18.3 Å². The van der Waals surface area contributed by atoms with Crippen molar-refractivity contribution in [2.24, 2.45) is 0 Å². The molecule has 0 saturated carbocycles. The Morgan fingerprint density at radius 3 is 2.16 bits per heavy atom. The van der Waals surface area contributed by atoms with E-state index in [4.69, 9.17) is 15.1 Å². The first-order valence-electron chi connectivity index (χ1n) is 5.46. The summed E-state index contributed by atoms with van der Waals surface area (Å²) >= 11 is 0. The number of hydrogen-bond donors (Lipinski definition) is 6. The topological polar surface area (TPSA) is 157 Å². The molecule has 0 spiro atoms. The quantitative estimate of drug-likeness (QED) is 0.266. The lowest BCUT2D eigenvalue weighted by Crippen LogP contribution is -2.54. The summed E-state index contributed by atoms with van der Waals surface area (Å²) in [6.07, 6.45) is -4.98. The normalized spacial score (nSPS) is 21.0. The van der Waals surface area contributed by atoms with E-state index in [2.05, 4.69) is 9.84 Å². The van der Waals surface area contributed by atoms with Crippen LogP contribution in [0.25, 0.3) is 0 Å². The molecule has 10 heteroatoms. The van der Waals surface area contributed by atoms with E-state index in [1.54, 1.807) is 0 Å². The molecule has 5 atom stereocenters. The Morgan fingerprint density at radius 2 is 1.84 bits per heavy atom. The number of aliphatic hydroxyl groups excluding tert-OH is 4. The molecule has 0 radical (unpaired) electrons. The van der Waals surface area contributed by atoms with Crippen molar-refractivity contribution in [2.45, 2.75) is 31.3 Å². The fourth-order valence-electron chi connectivity index (χ4n) is 1.42. The molecular weight excluding hydrogens is 281 g/mol. The second-order valence-electron chi connectivity index (χ2n) is 4.10. The molecule has 19 heavy (non-hydrogen) atoms. The molecule has 0 aliphatic carbocycles. The minimum Gasteiger partial charge on any atom is -0.394 e. The van der Waals surface area contributed by atoms with E-state index >= 15 is 0 Å². The molecule has 1 amide bonds. The Morgan fingerprint density at radius 1 is 1.32 bits per heavy atom. The van der Waals surface area contributed by atoms with E-state index in [0.717, 1.165) is 13.6 Å². The first-order valence-corrected chi connectivity index (χ1v) is 7.48. The summed E-state index contributed by atoms with van der Waals surface area (Å²) in [4.78, 5) is 20.0. The molecular formula is C9H20NO8P. The van der Waals surface area contributed by atoms with Crippen LogP contribution in [-0.4, -0.2) is 75.5 Å². The molecule has 5 unspecified atom stereocenters. The largest absolute Gasteiger partial charge is 0.394 e. The van der Waals surface area contributed by atoms with Gasteiger partial charge in [0.2, 0.25) is 5.91 Å². The first kappa shape index (κ1) is 18.5. The van der Waals surface area contributed by atoms with Crippen molar-refractivity contribution in [3.63, 3.8) is 0 Å². The molecule has 0 aromatic carbocycles. The van der Waals surface area contributed by atoms with Crippen LogP contribution in [0.3, 0.4) is 0 Å². The molecule has 0 aliphatic heterocycles. The summed E-state index contributed by atoms with van der Waals surface area (Å²) in [7, 11) is -4.05. The third-order valence-electron chi connectivity index (χ3n) is 2.22. The fraction of sp³-hybridized carbons (Fsp3) is 0.889. The molecule has 0 heterocycles. The summed E-state index contributed by atoms with van der Waals surface area (Å²) in [5, 5.41) is 39.4.